The van der Waals surface area contributed by atoms with Gasteiger partial charge in [0.05, 0.1) is 23.3 Å². The van der Waals surface area contributed by atoms with Gasteiger partial charge in [-0.25, -0.2) is 4.98 Å². The third-order valence-corrected chi connectivity index (χ3v) is 4.54. The molecule has 0 atom stereocenters. The molecule has 1 N–H and O–H groups in total. The number of nitrogens with zero attached hydrogens (tertiary/aromatic N) is 4. The van der Waals surface area contributed by atoms with E-state index in [2.05, 4.69) is 36.9 Å². The number of para-hydroxylation sites is 2. The van der Waals surface area contributed by atoms with E-state index >= 15 is 0 Å². The molecule has 0 amide bonds. The lowest BCUT2D eigenvalue weighted by atomic mass is 10.2. The van der Waals surface area contributed by atoms with Crippen LogP contribution in [-0.2, 0) is 12.3 Å². The fourth-order valence-electron chi connectivity index (χ4n) is 2.45. The molecule has 0 bridgehead atoms. The average Bonchev–Trinajstić information content (AvgIpc) is 3.20. The summed E-state index contributed by atoms with van der Waals surface area (Å²) >= 11 is 1.64. The quantitative estimate of drug-likeness (QED) is 0.572. The summed E-state index contributed by atoms with van der Waals surface area (Å²) in [6.45, 7) is 0.774. The standard InChI is InChI=1S/C17H15N5S/c1-2-6-13(7-3-1)10-22-12-18-21-17(22)23-11-16-19-14-8-4-5-9-15(14)20-16/h1-9,12H,10-11H2,(H,19,20). The summed E-state index contributed by atoms with van der Waals surface area (Å²) in [7, 11) is 0. The second kappa shape index (κ2) is 6.26. The Hall–Kier alpha value is -2.60. The largest absolute Gasteiger partial charge is 0.341 e. The number of hydrogen-bond donors (Lipinski definition) is 1. The molecule has 0 saturated heterocycles. The summed E-state index contributed by atoms with van der Waals surface area (Å²) in [6, 6.07) is 18.4. The topological polar surface area (TPSA) is 59.4 Å². The highest BCUT2D eigenvalue weighted by Gasteiger charge is 2.08. The molecule has 2 aromatic heterocycles. The molecule has 0 aliphatic heterocycles. The molecule has 0 aliphatic rings. The summed E-state index contributed by atoms with van der Waals surface area (Å²) in [5.41, 5.74) is 3.29. The smallest absolute Gasteiger partial charge is 0.191 e. The van der Waals surface area contributed by atoms with E-state index in [0.29, 0.717) is 0 Å². The number of aromatic nitrogens is 5. The molecular formula is C17H15N5S. The summed E-state index contributed by atoms with van der Waals surface area (Å²) in [5.74, 6) is 1.69. The van der Waals surface area contributed by atoms with Crippen LogP contribution in [0.4, 0.5) is 0 Å². The van der Waals surface area contributed by atoms with Gasteiger partial charge in [0, 0.05) is 0 Å². The van der Waals surface area contributed by atoms with Gasteiger partial charge in [-0.3, -0.25) is 0 Å². The molecule has 4 aromatic rings. The number of thioether (sulfide) groups is 1. The fourth-order valence-corrected chi connectivity index (χ4v) is 3.24. The monoisotopic (exact) mass is 321 g/mol. The van der Waals surface area contributed by atoms with Crippen molar-refractivity contribution in [1.29, 1.82) is 0 Å². The number of benzene rings is 2. The SMILES string of the molecule is c1ccc(Cn2cnnc2SCc2nc3ccccc3[nH]2)cc1. The minimum absolute atomic E-state index is 0.738. The van der Waals surface area contributed by atoms with Crippen LogP contribution in [0.2, 0.25) is 0 Å². The Morgan fingerprint density at radius 1 is 1.00 bits per heavy atom. The zero-order valence-corrected chi connectivity index (χ0v) is 13.2. The minimum Gasteiger partial charge on any atom is -0.341 e. The maximum absolute atomic E-state index is 4.59. The van der Waals surface area contributed by atoms with E-state index in [-0.39, 0.29) is 0 Å². The van der Waals surface area contributed by atoms with Crippen molar-refractivity contribution in [1.82, 2.24) is 24.7 Å². The van der Waals surface area contributed by atoms with Gasteiger partial charge in [-0.2, -0.15) is 0 Å². The first kappa shape index (κ1) is 14.0. The van der Waals surface area contributed by atoms with Crippen molar-refractivity contribution in [3.63, 3.8) is 0 Å². The van der Waals surface area contributed by atoms with Gasteiger partial charge in [-0.05, 0) is 17.7 Å². The molecule has 0 radical (unpaired) electrons. The van der Waals surface area contributed by atoms with E-state index in [4.69, 9.17) is 0 Å². The number of imidazole rings is 1. The van der Waals surface area contributed by atoms with Crippen molar-refractivity contribution in [2.75, 3.05) is 0 Å². The lowest BCUT2D eigenvalue weighted by Gasteiger charge is -2.05. The molecule has 4 rings (SSSR count). The molecule has 0 aliphatic carbocycles. The van der Waals surface area contributed by atoms with Gasteiger partial charge in [0.1, 0.15) is 12.2 Å². The second-order valence-electron chi connectivity index (χ2n) is 5.22. The van der Waals surface area contributed by atoms with E-state index in [1.165, 1.54) is 5.56 Å². The number of aromatic amines is 1. The Morgan fingerprint density at radius 2 is 1.83 bits per heavy atom. The Kier molecular flexibility index (Phi) is 3.81. The van der Waals surface area contributed by atoms with Gasteiger partial charge in [0.15, 0.2) is 5.16 Å². The normalized spacial score (nSPS) is 11.1. The maximum Gasteiger partial charge on any atom is 0.191 e. The van der Waals surface area contributed by atoms with Crippen LogP contribution < -0.4 is 0 Å². The first-order valence-electron chi connectivity index (χ1n) is 7.36. The molecule has 2 aromatic carbocycles. The molecule has 2 heterocycles. The highest BCUT2D eigenvalue weighted by molar-refractivity contribution is 7.98. The van der Waals surface area contributed by atoms with Crippen molar-refractivity contribution in [2.45, 2.75) is 17.5 Å². The van der Waals surface area contributed by atoms with E-state index in [0.717, 1.165) is 34.3 Å². The van der Waals surface area contributed by atoms with Crippen molar-refractivity contribution < 1.29 is 0 Å². The van der Waals surface area contributed by atoms with Crippen LogP contribution in [-0.4, -0.2) is 24.7 Å². The number of rotatable bonds is 5. The second-order valence-corrected chi connectivity index (χ2v) is 6.16. The lowest BCUT2D eigenvalue weighted by molar-refractivity contribution is 0.708. The predicted molar refractivity (Wildman–Crippen MR) is 91.2 cm³/mol. The summed E-state index contributed by atoms with van der Waals surface area (Å²) < 4.78 is 2.06. The summed E-state index contributed by atoms with van der Waals surface area (Å²) in [6.07, 6.45) is 1.77. The third kappa shape index (κ3) is 3.12. The molecule has 0 spiro atoms. The van der Waals surface area contributed by atoms with Gasteiger partial charge in [-0.15, -0.1) is 10.2 Å². The van der Waals surface area contributed by atoms with Crippen LogP contribution in [0.25, 0.3) is 11.0 Å². The van der Waals surface area contributed by atoms with Crippen molar-refractivity contribution in [2.24, 2.45) is 0 Å². The number of fused-ring (bicyclic) bond motifs is 1. The zero-order chi connectivity index (χ0) is 15.5. The van der Waals surface area contributed by atoms with Crippen LogP contribution >= 0.6 is 11.8 Å². The lowest BCUT2D eigenvalue weighted by Crippen LogP contribution is -2.00. The van der Waals surface area contributed by atoms with Crippen LogP contribution in [0, 0.1) is 0 Å². The average molecular weight is 321 g/mol. The van der Waals surface area contributed by atoms with Crippen molar-refractivity contribution >= 4 is 22.8 Å². The number of H-pyrrole nitrogens is 1. The molecule has 114 valence electrons. The highest BCUT2D eigenvalue weighted by atomic mass is 32.2. The fraction of sp³-hybridized carbons (Fsp3) is 0.118. The maximum atomic E-state index is 4.59. The van der Waals surface area contributed by atoms with Gasteiger partial charge in [0.25, 0.3) is 0 Å². The number of nitrogens with one attached hydrogen (secondary N) is 1. The van der Waals surface area contributed by atoms with E-state index < -0.39 is 0 Å². The summed E-state index contributed by atoms with van der Waals surface area (Å²) in [5, 5.41) is 9.15. The first-order chi connectivity index (χ1) is 11.4. The Balaban J connectivity index is 1.48. The van der Waals surface area contributed by atoms with Gasteiger partial charge in [-0.1, -0.05) is 54.2 Å². The molecule has 23 heavy (non-hydrogen) atoms. The van der Waals surface area contributed by atoms with Crippen molar-refractivity contribution in [3.05, 3.63) is 72.3 Å². The minimum atomic E-state index is 0.738. The van der Waals surface area contributed by atoms with Gasteiger partial charge >= 0.3 is 0 Å². The van der Waals surface area contributed by atoms with Crippen LogP contribution in [0.15, 0.2) is 66.1 Å². The van der Waals surface area contributed by atoms with Gasteiger partial charge < -0.3 is 9.55 Å². The summed E-state index contributed by atoms with van der Waals surface area (Å²) in [4.78, 5) is 7.93. The van der Waals surface area contributed by atoms with E-state index in [1.807, 2.05) is 42.5 Å². The van der Waals surface area contributed by atoms with E-state index in [1.54, 1.807) is 18.1 Å². The third-order valence-electron chi connectivity index (χ3n) is 3.55. The molecular weight excluding hydrogens is 306 g/mol. The Morgan fingerprint density at radius 3 is 2.70 bits per heavy atom. The van der Waals surface area contributed by atoms with Crippen LogP contribution in [0.5, 0.6) is 0 Å². The molecule has 0 unspecified atom stereocenters. The highest BCUT2D eigenvalue weighted by Crippen LogP contribution is 2.21. The van der Waals surface area contributed by atoms with Crippen molar-refractivity contribution in [3.8, 4) is 0 Å². The molecule has 5 nitrogen and oxygen atoms in total. The van der Waals surface area contributed by atoms with Crippen LogP contribution in [0.3, 0.4) is 0 Å². The Labute approximate surface area is 137 Å². The van der Waals surface area contributed by atoms with E-state index in [9.17, 15) is 0 Å². The molecule has 0 fully saturated rings. The molecule has 0 saturated carbocycles. The Bertz CT molecular complexity index is 880. The predicted octanol–water partition coefficient (Wildman–Crippen LogP) is 3.50. The molecule has 6 heteroatoms. The van der Waals surface area contributed by atoms with Crippen LogP contribution in [0.1, 0.15) is 11.4 Å². The zero-order valence-electron chi connectivity index (χ0n) is 12.4. The van der Waals surface area contributed by atoms with Gasteiger partial charge in [0.2, 0.25) is 0 Å². The number of hydrogen-bond acceptors (Lipinski definition) is 4. The first-order valence-corrected chi connectivity index (χ1v) is 8.35.